The van der Waals surface area contributed by atoms with E-state index in [0.29, 0.717) is 23.5 Å². The van der Waals surface area contributed by atoms with Crippen LogP contribution in [0, 0.1) is 5.82 Å². The standard InChI is InChI=1S/C27H31FN6O2/c1-7-34-21-13-12-18(14-19(21)27(5,6)24(34)36)31-25-29-15-20(28)22(32-25)30-17-10-8-16(9-11-17)23(35)33-26(2,3)4/h8-15H,7H2,1-6H3,(H,33,35)(H2,29,30,31,32). The lowest BCUT2D eigenvalue weighted by Crippen LogP contribution is -2.40. The first-order chi connectivity index (χ1) is 16.9. The first-order valence-corrected chi connectivity index (χ1v) is 11.8. The number of nitrogens with one attached hydrogen (secondary N) is 3. The highest BCUT2D eigenvalue weighted by Crippen LogP contribution is 2.42. The van der Waals surface area contributed by atoms with Crippen molar-refractivity contribution in [3.63, 3.8) is 0 Å². The third-order valence-corrected chi connectivity index (χ3v) is 5.96. The monoisotopic (exact) mass is 490 g/mol. The van der Waals surface area contributed by atoms with E-state index in [4.69, 9.17) is 0 Å². The van der Waals surface area contributed by atoms with Gasteiger partial charge in [0.05, 0.1) is 11.6 Å². The van der Waals surface area contributed by atoms with Crippen molar-refractivity contribution in [3.05, 3.63) is 65.6 Å². The molecule has 0 fully saturated rings. The second kappa shape index (κ2) is 9.22. The van der Waals surface area contributed by atoms with Crippen molar-refractivity contribution in [2.75, 3.05) is 22.1 Å². The molecule has 2 heterocycles. The van der Waals surface area contributed by atoms with Gasteiger partial charge in [-0.3, -0.25) is 9.59 Å². The summed E-state index contributed by atoms with van der Waals surface area (Å²) in [7, 11) is 0. The summed E-state index contributed by atoms with van der Waals surface area (Å²) in [5, 5.41) is 8.95. The van der Waals surface area contributed by atoms with Gasteiger partial charge in [0.25, 0.3) is 5.91 Å². The van der Waals surface area contributed by atoms with Crippen LogP contribution in [-0.4, -0.2) is 33.9 Å². The maximum Gasteiger partial charge on any atom is 0.251 e. The molecule has 36 heavy (non-hydrogen) atoms. The molecule has 1 aliphatic heterocycles. The summed E-state index contributed by atoms with van der Waals surface area (Å²) in [5.74, 6) is -0.546. The average Bonchev–Trinajstić information content (AvgIpc) is 3.00. The summed E-state index contributed by atoms with van der Waals surface area (Å²) in [6.07, 6.45) is 1.09. The summed E-state index contributed by atoms with van der Waals surface area (Å²) in [5.41, 5.74) is 2.58. The lowest BCUT2D eigenvalue weighted by atomic mass is 9.86. The van der Waals surface area contributed by atoms with Crippen LogP contribution >= 0.6 is 0 Å². The Labute approximate surface area is 210 Å². The van der Waals surface area contributed by atoms with Gasteiger partial charge in [0, 0.05) is 34.7 Å². The van der Waals surface area contributed by atoms with E-state index in [9.17, 15) is 14.0 Å². The zero-order chi connectivity index (χ0) is 26.3. The van der Waals surface area contributed by atoms with Crippen LogP contribution in [-0.2, 0) is 10.2 Å². The molecule has 3 N–H and O–H groups in total. The number of hydrogen-bond acceptors (Lipinski definition) is 6. The molecule has 0 spiro atoms. The third kappa shape index (κ3) is 5.00. The van der Waals surface area contributed by atoms with Crippen LogP contribution in [0.15, 0.2) is 48.7 Å². The maximum absolute atomic E-state index is 14.5. The van der Waals surface area contributed by atoms with Gasteiger partial charge in [-0.15, -0.1) is 0 Å². The third-order valence-electron chi connectivity index (χ3n) is 5.96. The van der Waals surface area contributed by atoms with Crippen LogP contribution in [0.3, 0.4) is 0 Å². The summed E-state index contributed by atoms with van der Waals surface area (Å²) < 4.78 is 14.5. The van der Waals surface area contributed by atoms with Crippen LogP contribution in [0.1, 0.15) is 57.5 Å². The molecule has 0 unspecified atom stereocenters. The molecule has 0 saturated carbocycles. The van der Waals surface area contributed by atoms with Crippen LogP contribution in [0.25, 0.3) is 0 Å². The molecule has 9 heteroatoms. The Morgan fingerprint density at radius 1 is 1.06 bits per heavy atom. The van der Waals surface area contributed by atoms with Gasteiger partial charge in [-0.2, -0.15) is 4.98 Å². The minimum Gasteiger partial charge on any atom is -0.347 e. The molecule has 0 atom stereocenters. The predicted molar refractivity (Wildman–Crippen MR) is 140 cm³/mol. The Morgan fingerprint density at radius 2 is 1.72 bits per heavy atom. The first kappa shape index (κ1) is 25.1. The van der Waals surface area contributed by atoms with E-state index in [0.717, 1.165) is 17.4 Å². The minimum absolute atomic E-state index is 0.00628. The Balaban J connectivity index is 1.52. The van der Waals surface area contributed by atoms with E-state index in [1.807, 2.05) is 59.7 Å². The number of rotatable bonds is 6. The quantitative estimate of drug-likeness (QED) is 0.435. The maximum atomic E-state index is 14.5. The van der Waals surface area contributed by atoms with E-state index < -0.39 is 11.2 Å². The second-order valence-corrected chi connectivity index (χ2v) is 10.3. The number of aromatic nitrogens is 2. The summed E-state index contributed by atoms with van der Waals surface area (Å²) in [4.78, 5) is 35.2. The van der Waals surface area contributed by atoms with Crippen LogP contribution in [0.4, 0.5) is 33.2 Å². The van der Waals surface area contributed by atoms with Crippen molar-refractivity contribution in [3.8, 4) is 0 Å². The fourth-order valence-electron chi connectivity index (χ4n) is 4.12. The number of nitrogens with zero attached hydrogens (tertiary/aromatic N) is 3. The minimum atomic E-state index is -0.644. The van der Waals surface area contributed by atoms with Crippen molar-refractivity contribution in [2.24, 2.45) is 0 Å². The molecule has 0 radical (unpaired) electrons. The number of carbonyl (C=O) groups is 2. The number of hydrogen-bond donors (Lipinski definition) is 3. The van der Waals surface area contributed by atoms with Gasteiger partial charge in [-0.25, -0.2) is 9.37 Å². The van der Waals surface area contributed by atoms with E-state index in [2.05, 4.69) is 25.9 Å². The largest absolute Gasteiger partial charge is 0.347 e. The molecule has 1 aliphatic rings. The fraction of sp³-hybridized carbons (Fsp3) is 0.333. The average molecular weight is 491 g/mol. The van der Waals surface area contributed by atoms with Crippen molar-refractivity contribution < 1.29 is 14.0 Å². The Morgan fingerprint density at radius 3 is 2.36 bits per heavy atom. The van der Waals surface area contributed by atoms with Crippen molar-refractivity contribution >= 4 is 40.6 Å². The molecular formula is C27H31FN6O2. The summed E-state index contributed by atoms with van der Waals surface area (Å²) in [6.45, 7) is 12.1. The van der Waals surface area contributed by atoms with Crippen molar-refractivity contribution in [1.82, 2.24) is 15.3 Å². The van der Waals surface area contributed by atoms with Crippen LogP contribution < -0.4 is 20.9 Å². The highest BCUT2D eigenvalue weighted by molar-refractivity contribution is 6.08. The van der Waals surface area contributed by atoms with Gasteiger partial charge in [0.15, 0.2) is 11.6 Å². The lowest BCUT2D eigenvalue weighted by molar-refractivity contribution is -0.122. The zero-order valence-electron chi connectivity index (χ0n) is 21.4. The number of carbonyl (C=O) groups excluding carboxylic acids is 2. The molecule has 0 aliphatic carbocycles. The van der Waals surface area contributed by atoms with E-state index in [-0.39, 0.29) is 29.1 Å². The zero-order valence-corrected chi connectivity index (χ0v) is 21.4. The molecule has 188 valence electrons. The molecular weight excluding hydrogens is 459 g/mol. The molecule has 2 amide bonds. The number of anilines is 5. The van der Waals surface area contributed by atoms with Crippen molar-refractivity contribution in [2.45, 2.75) is 52.5 Å². The molecule has 3 aromatic rings. The predicted octanol–water partition coefficient (Wildman–Crippen LogP) is 5.28. The van der Waals surface area contributed by atoms with Gasteiger partial charge in [-0.1, -0.05) is 0 Å². The smallest absolute Gasteiger partial charge is 0.251 e. The van der Waals surface area contributed by atoms with Gasteiger partial charge >= 0.3 is 0 Å². The first-order valence-electron chi connectivity index (χ1n) is 11.8. The Kier molecular flexibility index (Phi) is 6.43. The lowest BCUT2D eigenvalue weighted by Gasteiger charge is -2.20. The highest BCUT2D eigenvalue weighted by Gasteiger charge is 2.43. The van der Waals surface area contributed by atoms with Crippen molar-refractivity contribution in [1.29, 1.82) is 0 Å². The molecule has 0 bridgehead atoms. The Bertz CT molecular complexity index is 1310. The summed E-state index contributed by atoms with van der Waals surface area (Å²) >= 11 is 0. The molecule has 0 saturated heterocycles. The number of amides is 2. The van der Waals surface area contributed by atoms with Gasteiger partial charge in [0.2, 0.25) is 11.9 Å². The number of likely N-dealkylation sites (N-methyl/N-ethyl adjacent to an activating group) is 1. The van der Waals surface area contributed by atoms with Gasteiger partial charge in [0.1, 0.15) is 0 Å². The van der Waals surface area contributed by atoms with Crippen LogP contribution in [0.5, 0.6) is 0 Å². The van der Waals surface area contributed by atoms with Gasteiger partial charge in [-0.05, 0) is 89.6 Å². The van der Waals surface area contributed by atoms with E-state index in [1.54, 1.807) is 29.2 Å². The molecule has 8 nitrogen and oxygen atoms in total. The Hall–Kier alpha value is -4.01. The van der Waals surface area contributed by atoms with Crippen LogP contribution in [0.2, 0.25) is 0 Å². The molecule has 4 rings (SSSR count). The number of fused-ring (bicyclic) bond motifs is 1. The number of halogens is 1. The second-order valence-electron chi connectivity index (χ2n) is 10.3. The highest BCUT2D eigenvalue weighted by atomic mass is 19.1. The number of benzene rings is 2. The SMILES string of the molecule is CCN1C(=O)C(C)(C)c2cc(Nc3ncc(F)c(Nc4ccc(C(=O)NC(C)(C)C)cc4)n3)ccc21. The van der Waals surface area contributed by atoms with E-state index in [1.165, 1.54) is 0 Å². The van der Waals surface area contributed by atoms with E-state index >= 15 is 0 Å². The topological polar surface area (TPSA) is 99.3 Å². The molecule has 1 aromatic heterocycles. The summed E-state index contributed by atoms with van der Waals surface area (Å²) in [6, 6.07) is 12.3. The fourth-order valence-corrected chi connectivity index (χ4v) is 4.12. The molecule has 2 aromatic carbocycles. The van der Waals surface area contributed by atoms with Gasteiger partial charge < -0.3 is 20.9 Å². The normalized spacial score (nSPS) is 14.4.